The molecule has 2 heterocycles. The topological polar surface area (TPSA) is 63.7 Å². The van der Waals surface area contributed by atoms with Gasteiger partial charge in [0.25, 0.3) is 0 Å². The van der Waals surface area contributed by atoms with Crippen molar-refractivity contribution >= 4 is 52.2 Å². The number of ketones is 1. The second kappa shape index (κ2) is 8.20. The van der Waals surface area contributed by atoms with Gasteiger partial charge in [0.2, 0.25) is 11.7 Å². The fourth-order valence-corrected chi connectivity index (χ4v) is 3.87. The third-order valence-electron chi connectivity index (χ3n) is 4.06. The molecule has 5 nitrogen and oxygen atoms in total. The molecule has 1 amide bonds. The average molecular weight is 412 g/mol. The van der Waals surface area contributed by atoms with E-state index in [0.29, 0.717) is 20.8 Å². The number of thiophene rings is 1. The van der Waals surface area contributed by atoms with Crippen molar-refractivity contribution in [3.8, 4) is 0 Å². The van der Waals surface area contributed by atoms with Gasteiger partial charge in [0.05, 0.1) is 15.1 Å². The Morgan fingerprint density at radius 3 is 2.65 bits per heavy atom. The number of nitrogens with zero attached hydrogens (tertiary/aromatic N) is 1. The van der Waals surface area contributed by atoms with Crippen LogP contribution in [0.3, 0.4) is 0 Å². The third kappa shape index (κ3) is 4.44. The molecule has 1 atom stereocenters. The lowest BCUT2D eigenvalue weighted by atomic mass is 10.1. The molecule has 26 heavy (non-hydrogen) atoms. The maximum Gasteiger partial charge on any atom is 0.311 e. The smallest absolute Gasteiger partial charge is 0.311 e. The summed E-state index contributed by atoms with van der Waals surface area (Å²) >= 11 is 13.0. The number of Topliss-reactive ketones (excluding diaryl/α,β-unsaturated/α-hetero) is 1. The van der Waals surface area contributed by atoms with Crippen molar-refractivity contribution in [3.05, 3.63) is 56.2 Å². The summed E-state index contributed by atoms with van der Waals surface area (Å²) in [6.45, 7) is 0.238. The Labute approximate surface area is 164 Å². The first kappa shape index (κ1) is 18.9. The molecule has 3 rings (SSSR count). The Balaban J connectivity index is 1.53. The molecule has 1 aromatic carbocycles. The first-order chi connectivity index (χ1) is 12.4. The van der Waals surface area contributed by atoms with E-state index in [-0.39, 0.29) is 31.3 Å². The van der Waals surface area contributed by atoms with Crippen LogP contribution in [-0.2, 0) is 20.9 Å². The van der Waals surface area contributed by atoms with Crippen molar-refractivity contribution in [2.24, 2.45) is 5.92 Å². The van der Waals surface area contributed by atoms with E-state index in [1.165, 1.54) is 0 Å². The molecule has 1 aliphatic rings. The molecule has 0 N–H and O–H groups in total. The van der Waals surface area contributed by atoms with Gasteiger partial charge in [0.1, 0.15) is 0 Å². The van der Waals surface area contributed by atoms with Crippen LogP contribution in [0.25, 0.3) is 0 Å². The van der Waals surface area contributed by atoms with Crippen LogP contribution in [-0.4, -0.2) is 35.7 Å². The summed E-state index contributed by atoms with van der Waals surface area (Å²) in [6, 6.07) is 10.5. The number of halogens is 2. The van der Waals surface area contributed by atoms with Gasteiger partial charge in [-0.1, -0.05) is 41.4 Å². The second-order valence-corrected chi connectivity index (χ2v) is 8.02. The summed E-state index contributed by atoms with van der Waals surface area (Å²) in [6.07, 6.45) is 0.0717. The number of carbonyl (C=O) groups is 3. The van der Waals surface area contributed by atoms with Gasteiger partial charge in [-0.25, -0.2) is 0 Å². The van der Waals surface area contributed by atoms with Crippen LogP contribution in [0.4, 0.5) is 0 Å². The normalized spacial score (nSPS) is 16.8. The summed E-state index contributed by atoms with van der Waals surface area (Å²) < 4.78 is 5.59. The SMILES string of the molecule is O=C(COC(=O)[C@@H]1CC(=O)N(Cc2ccccc2Cl)C1)c1ccc(Cl)s1. The fourth-order valence-electron chi connectivity index (χ4n) is 2.70. The predicted octanol–water partition coefficient (Wildman–Crippen LogP) is 3.83. The van der Waals surface area contributed by atoms with Gasteiger partial charge >= 0.3 is 5.97 Å². The zero-order valence-corrected chi connectivity index (χ0v) is 15.9. The monoisotopic (exact) mass is 411 g/mol. The lowest BCUT2D eigenvalue weighted by Gasteiger charge is -2.17. The van der Waals surface area contributed by atoms with Crippen LogP contribution >= 0.6 is 34.5 Å². The van der Waals surface area contributed by atoms with Gasteiger partial charge in [0.15, 0.2) is 6.61 Å². The number of esters is 1. The van der Waals surface area contributed by atoms with E-state index in [1.54, 1.807) is 23.1 Å². The molecule has 0 spiro atoms. The number of likely N-dealkylation sites (tertiary alicyclic amines) is 1. The molecule has 0 unspecified atom stereocenters. The fraction of sp³-hybridized carbons (Fsp3) is 0.278. The largest absolute Gasteiger partial charge is 0.457 e. The molecule has 1 saturated heterocycles. The Hall–Kier alpha value is -1.89. The highest BCUT2D eigenvalue weighted by Gasteiger charge is 2.35. The van der Waals surface area contributed by atoms with E-state index in [9.17, 15) is 14.4 Å². The van der Waals surface area contributed by atoms with Gasteiger partial charge in [-0.05, 0) is 23.8 Å². The summed E-state index contributed by atoms with van der Waals surface area (Å²) in [5, 5.41) is 0.575. The van der Waals surface area contributed by atoms with Crippen molar-refractivity contribution in [1.82, 2.24) is 4.90 Å². The molecule has 0 bridgehead atoms. The van der Waals surface area contributed by atoms with E-state index in [0.717, 1.165) is 16.9 Å². The summed E-state index contributed by atoms with van der Waals surface area (Å²) in [5.74, 6) is -1.57. The van der Waals surface area contributed by atoms with Crippen molar-refractivity contribution in [3.63, 3.8) is 0 Å². The number of amides is 1. The molecular weight excluding hydrogens is 397 g/mol. The lowest BCUT2D eigenvalue weighted by Crippen LogP contribution is -2.27. The second-order valence-electron chi connectivity index (χ2n) is 5.90. The molecule has 1 fully saturated rings. The van der Waals surface area contributed by atoms with E-state index >= 15 is 0 Å². The first-order valence-corrected chi connectivity index (χ1v) is 9.47. The number of carbonyl (C=O) groups excluding carboxylic acids is 3. The van der Waals surface area contributed by atoms with Gasteiger partial charge in [-0.3, -0.25) is 14.4 Å². The number of rotatable bonds is 6. The van der Waals surface area contributed by atoms with Crippen LogP contribution in [0.5, 0.6) is 0 Å². The maximum absolute atomic E-state index is 12.2. The quantitative estimate of drug-likeness (QED) is 0.535. The molecule has 0 aliphatic carbocycles. The summed E-state index contributed by atoms with van der Waals surface area (Å²) in [4.78, 5) is 38.3. The zero-order valence-electron chi connectivity index (χ0n) is 13.6. The summed E-state index contributed by atoms with van der Waals surface area (Å²) in [7, 11) is 0. The predicted molar refractivity (Wildman–Crippen MR) is 99.6 cm³/mol. The molecule has 2 aromatic rings. The van der Waals surface area contributed by atoms with Crippen LogP contribution in [0, 0.1) is 5.92 Å². The Morgan fingerprint density at radius 1 is 1.19 bits per heavy atom. The highest BCUT2D eigenvalue weighted by atomic mass is 35.5. The highest BCUT2D eigenvalue weighted by Crippen LogP contribution is 2.25. The standard InChI is InChI=1S/C18H15Cl2NO4S/c19-13-4-2-1-3-11(13)8-21-9-12(7-17(21)23)18(24)25-10-14(22)15-5-6-16(20)26-15/h1-6,12H,7-10H2/t12-/m1/s1. The average Bonchev–Trinajstić information content (AvgIpc) is 3.21. The molecule has 136 valence electrons. The first-order valence-electron chi connectivity index (χ1n) is 7.90. The highest BCUT2D eigenvalue weighted by molar-refractivity contribution is 7.18. The number of ether oxygens (including phenoxy) is 1. The van der Waals surface area contributed by atoms with Crippen molar-refractivity contribution in [2.45, 2.75) is 13.0 Å². The van der Waals surface area contributed by atoms with Crippen molar-refractivity contribution in [2.75, 3.05) is 13.2 Å². The Morgan fingerprint density at radius 2 is 1.96 bits per heavy atom. The van der Waals surface area contributed by atoms with Gasteiger partial charge in [-0.15, -0.1) is 11.3 Å². The van der Waals surface area contributed by atoms with Crippen LogP contribution in [0.2, 0.25) is 9.36 Å². The van der Waals surface area contributed by atoms with Gasteiger partial charge < -0.3 is 9.64 Å². The molecule has 0 saturated carbocycles. The maximum atomic E-state index is 12.2. The van der Waals surface area contributed by atoms with Gasteiger partial charge in [-0.2, -0.15) is 0 Å². The van der Waals surface area contributed by atoms with E-state index in [2.05, 4.69) is 0 Å². The third-order valence-corrected chi connectivity index (χ3v) is 5.70. The lowest BCUT2D eigenvalue weighted by molar-refractivity contribution is -0.147. The molecular formula is C18H15Cl2NO4S. The van der Waals surface area contributed by atoms with Crippen LogP contribution in [0.1, 0.15) is 21.7 Å². The minimum absolute atomic E-state index is 0.0717. The molecule has 1 aromatic heterocycles. The van der Waals surface area contributed by atoms with Crippen molar-refractivity contribution < 1.29 is 19.1 Å². The van der Waals surface area contributed by atoms with Crippen LogP contribution < -0.4 is 0 Å². The Kier molecular flexibility index (Phi) is 5.96. The molecule has 0 radical (unpaired) electrons. The van der Waals surface area contributed by atoms with E-state index < -0.39 is 11.9 Å². The Bertz CT molecular complexity index is 851. The number of hydrogen-bond donors (Lipinski definition) is 0. The zero-order chi connectivity index (χ0) is 18.7. The van der Waals surface area contributed by atoms with Gasteiger partial charge in [0, 0.05) is 24.5 Å². The van der Waals surface area contributed by atoms with Crippen LogP contribution in [0.15, 0.2) is 36.4 Å². The minimum Gasteiger partial charge on any atom is -0.457 e. The number of benzene rings is 1. The number of hydrogen-bond acceptors (Lipinski definition) is 5. The van der Waals surface area contributed by atoms with Crippen molar-refractivity contribution in [1.29, 1.82) is 0 Å². The summed E-state index contributed by atoms with van der Waals surface area (Å²) in [5.41, 5.74) is 0.821. The van der Waals surface area contributed by atoms with E-state index in [1.807, 2.05) is 18.2 Å². The molecule has 1 aliphatic heterocycles. The van der Waals surface area contributed by atoms with E-state index in [4.69, 9.17) is 27.9 Å². The molecule has 8 heteroatoms. The minimum atomic E-state index is -0.579.